The Morgan fingerprint density at radius 3 is 2.20 bits per heavy atom. The minimum atomic E-state index is -5.89. The van der Waals surface area contributed by atoms with E-state index in [0.29, 0.717) is 10.8 Å². The van der Waals surface area contributed by atoms with E-state index < -0.39 is 95.8 Å². The van der Waals surface area contributed by atoms with Crippen LogP contribution in [0.4, 0.5) is 11.9 Å². The summed E-state index contributed by atoms with van der Waals surface area (Å²) in [4.78, 5) is 80.4. The van der Waals surface area contributed by atoms with Gasteiger partial charge in [0.15, 0.2) is 23.7 Å². The van der Waals surface area contributed by atoms with Gasteiger partial charge < -0.3 is 74.2 Å². The number of aliphatic hydroxyl groups excluding tert-OH is 3. The predicted octanol–water partition coefficient (Wildman–Crippen LogP) is -3.46. The standard InChI is InChI=1S/C31H40ClN10O19P3S/c1-53-8-9-55-23-21(44)17(59-29(23)42-13-40(19-25(42)37-31(34)39-27(19)47)6-7-54-15-4-2-14(32)3-5-15)11-57-63(50,51)61-64(52,65)60-62(48,49)56-10-16-20(43)22(45)28(58-16)41-12-35-18-24(41)36-30(33)38-26(18)46/h2-5,12-13,16-17,20-23,28-29,43-45H,6-11H2,1H3,(H8-,33,34,36,37,38,39,46,47,48,49,50,51,52,65)/p-2/t16-,17-,20-,21-,22-,23-,28-,29-,64?/m1/s1. The summed E-state index contributed by atoms with van der Waals surface area (Å²) in [7, 11) is -10.4. The molecule has 0 spiro atoms. The quantitative estimate of drug-likeness (QED) is 0.0226. The van der Waals surface area contributed by atoms with Crippen LogP contribution in [0.5, 0.6) is 5.75 Å². The zero-order valence-corrected chi connectivity index (χ0v) is 37.4. The van der Waals surface area contributed by atoms with Crippen LogP contribution in [0, 0.1) is 0 Å². The Hall–Kier alpha value is -3.84. The van der Waals surface area contributed by atoms with Crippen molar-refractivity contribution in [2.75, 3.05) is 51.6 Å². The maximum absolute atomic E-state index is 13.1. The molecule has 34 heteroatoms. The number of benzene rings is 1. The number of halogens is 1. The fraction of sp³-hybridized carbons (Fsp3) is 0.484. The van der Waals surface area contributed by atoms with E-state index in [9.17, 15) is 48.7 Å². The Labute approximate surface area is 373 Å². The van der Waals surface area contributed by atoms with E-state index in [1.54, 1.807) is 24.3 Å². The molecule has 1 aromatic carbocycles. The van der Waals surface area contributed by atoms with Gasteiger partial charge in [-0.25, -0.2) is 9.55 Å². The molecule has 29 nitrogen and oxygen atoms in total. The second kappa shape index (κ2) is 19.8. The van der Waals surface area contributed by atoms with Gasteiger partial charge >= 0.3 is 5.65 Å². The number of aliphatic hydroxyl groups is 3. The van der Waals surface area contributed by atoms with Crippen LogP contribution in [0.3, 0.4) is 0 Å². The number of hydrogen-bond donors (Lipinski definition) is 7. The van der Waals surface area contributed by atoms with Crippen molar-refractivity contribution in [3.05, 3.63) is 62.7 Å². The lowest BCUT2D eigenvalue weighted by Gasteiger charge is -2.37. The van der Waals surface area contributed by atoms with Crippen LogP contribution in [0.1, 0.15) is 12.5 Å². The van der Waals surface area contributed by atoms with E-state index in [1.165, 1.54) is 22.6 Å². The molecule has 5 aromatic rings. The molecule has 6 heterocycles. The van der Waals surface area contributed by atoms with Crippen LogP contribution < -0.4 is 46.6 Å². The normalized spacial score (nSPS) is 26.3. The van der Waals surface area contributed by atoms with Gasteiger partial charge in [-0.2, -0.15) is 4.98 Å². The molecule has 11 atom stereocenters. The van der Waals surface area contributed by atoms with E-state index in [0.717, 1.165) is 10.9 Å². The van der Waals surface area contributed by atoms with Crippen LogP contribution in [0.15, 0.2) is 46.5 Å². The number of fused-ring (bicyclic) bond motifs is 2. The van der Waals surface area contributed by atoms with Crippen molar-refractivity contribution in [3.8, 4) is 5.75 Å². The number of aromatic amines is 2. The number of anilines is 2. The Bertz CT molecular complexity index is 2780. The number of nitrogens with one attached hydrogen (secondary N) is 2. The zero-order chi connectivity index (χ0) is 47.0. The van der Waals surface area contributed by atoms with Gasteiger partial charge in [-0.15, -0.1) is 0 Å². The number of rotatable bonds is 20. The molecule has 2 saturated heterocycles. The molecule has 0 bridgehead atoms. The lowest BCUT2D eigenvalue weighted by atomic mass is 10.1. The summed E-state index contributed by atoms with van der Waals surface area (Å²) in [5.74, 6) is -0.109. The Balaban J connectivity index is 0.992. The largest absolute Gasteiger partial charge is 0.779 e. The monoisotopic (exact) mass is 1010 g/mol. The molecule has 2 aliphatic rings. The maximum Gasteiger partial charge on any atom is 0.313 e. The number of hydrogen-bond acceptors (Lipinski definition) is 25. The first-order valence-electron chi connectivity index (χ1n) is 18.7. The van der Waals surface area contributed by atoms with Crippen LogP contribution >= 0.6 is 34.0 Å². The fourth-order valence-electron chi connectivity index (χ4n) is 6.71. The van der Waals surface area contributed by atoms with Crippen molar-refractivity contribution in [2.45, 2.75) is 55.6 Å². The highest BCUT2D eigenvalue weighted by molar-refractivity contribution is 8.09. The molecule has 7 rings (SSSR count). The molecule has 9 N–H and O–H groups in total. The summed E-state index contributed by atoms with van der Waals surface area (Å²) < 4.78 is 75.5. The average Bonchev–Trinajstić information content (AvgIpc) is 3.96. The molecule has 0 saturated carbocycles. The van der Waals surface area contributed by atoms with Crippen molar-refractivity contribution in [3.63, 3.8) is 0 Å². The van der Waals surface area contributed by atoms with Gasteiger partial charge in [-0.1, -0.05) is 28.4 Å². The van der Waals surface area contributed by atoms with Crippen LogP contribution in [0.25, 0.3) is 22.3 Å². The van der Waals surface area contributed by atoms with Crippen LogP contribution in [-0.2, 0) is 64.1 Å². The third kappa shape index (κ3) is 11.3. The molecule has 356 valence electrons. The fourth-order valence-corrected chi connectivity index (χ4v) is 11.7. The first-order valence-corrected chi connectivity index (χ1v) is 24.5. The van der Waals surface area contributed by atoms with Gasteiger partial charge in [0.2, 0.25) is 17.7 Å². The Morgan fingerprint density at radius 2 is 1.54 bits per heavy atom. The van der Waals surface area contributed by atoms with E-state index in [4.69, 9.17) is 51.3 Å². The highest BCUT2D eigenvalue weighted by Gasteiger charge is 2.50. The van der Waals surface area contributed by atoms with Crippen molar-refractivity contribution < 1.29 is 85.1 Å². The van der Waals surface area contributed by atoms with Crippen molar-refractivity contribution in [1.29, 1.82) is 0 Å². The Morgan fingerprint density at radius 1 is 0.908 bits per heavy atom. The van der Waals surface area contributed by atoms with Crippen molar-refractivity contribution in [2.24, 2.45) is 0 Å². The number of methoxy groups -OCH3 is 1. The first kappa shape index (κ1) is 49.1. The second-order valence-electron chi connectivity index (χ2n) is 13.9. The number of imidazole rings is 2. The number of nitrogens with zero attached hydrogens (tertiary/aromatic N) is 6. The summed E-state index contributed by atoms with van der Waals surface area (Å²) >= 11 is 10.4. The smallest absolute Gasteiger partial charge is 0.313 e. The topological polar surface area (TPSA) is 417 Å². The third-order valence-electron chi connectivity index (χ3n) is 9.55. The summed E-state index contributed by atoms with van der Waals surface area (Å²) in [6.45, 7) is -7.75. The number of aromatic nitrogens is 8. The van der Waals surface area contributed by atoms with E-state index in [2.05, 4.69) is 49.9 Å². The maximum atomic E-state index is 13.1. The number of nitrogens with two attached hydrogens (primary N) is 2. The molecule has 2 aliphatic heterocycles. The van der Waals surface area contributed by atoms with Gasteiger partial charge in [0.1, 0.15) is 62.2 Å². The summed E-state index contributed by atoms with van der Waals surface area (Å²) in [5, 5.41) is 33.0. The minimum Gasteiger partial charge on any atom is -0.779 e. The number of ether oxygens (including phenoxy) is 5. The van der Waals surface area contributed by atoms with Crippen molar-refractivity contribution in [1.82, 2.24) is 34.1 Å². The summed E-state index contributed by atoms with van der Waals surface area (Å²) in [6, 6.07) is 6.54. The van der Waals surface area contributed by atoms with Gasteiger partial charge in [-0.05, 0) is 24.3 Å². The predicted molar refractivity (Wildman–Crippen MR) is 215 cm³/mol. The van der Waals surface area contributed by atoms with Crippen LogP contribution in [0.2, 0.25) is 5.02 Å². The molecule has 0 amide bonds. The van der Waals surface area contributed by atoms with Gasteiger partial charge in [0.05, 0.1) is 32.8 Å². The third-order valence-corrected chi connectivity index (χ3v) is 15.1. The number of phosphoric acid groups is 2. The summed E-state index contributed by atoms with van der Waals surface area (Å²) in [5.41, 5.74) is 9.68. The molecule has 3 unspecified atom stereocenters. The van der Waals surface area contributed by atoms with Gasteiger partial charge in [-0.3, -0.25) is 46.4 Å². The van der Waals surface area contributed by atoms with Gasteiger partial charge in [0, 0.05) is 12.1 Å². The molecule has 0 radical (unpaired) electrons. The highest BCUT2D eigenvalue weighted by atomic mass is 35.5. The van der Waals surface area contributed by atoms with E-state index in [1.807, 2.05) is 0 Å². The number of H-pyrrole nitrogens is 2. The second-order valence-corrected chi connectivity index (χ2v) is 20.2. The number of nitrogen functional groups attached to an aromatic ring is 2. The van der Waals surface area contributed by atoms with E-state index in [-0.39, 0.29) is 60.6 Å². The van der Waals surface area contributed by atoms with Gasteiger partial charge in [0.25, 0.3) is 32.7 Å². The molecular weight excluding hydrogens is 977 g/mol. The SMILES string of the molecule is COCCO[C@@H]1[C@H](O)[C@@H](COP(=O)([O-])OP([O-])(=S)OP(=O)([O-])OC[C@H]2O[C@@H](n3cnc4c(=O)[nH]c(N)nc43)[C@H](O)[C@@H]2O)O[C@H]1[n+]1cn(CCOc2ccc(Cl)cc2)c2c(=O)[nH]c(N)nc21. The number of phosphoric ester groups is 2. The lowest BCUT2D eigenvalue weighted by molar-refractivity contribution is -0.746. The summed E-state index contributed by atoms with van der Waals surface area (Å²) in [6.07, 6.45) is -10.3. The minimum absolute atomic E-state index is 0.00458. The van der Waals surface area contributed by atoms with Crippen molar-refractivity contribution >= 4 is 80.0 Å². The lowest BCUT2D eigenvalue weighted by Crippen LogP contribution is -2.47. The first-order chi connectivity index (χ1) is 30.7. The molecular formula is C31H38ClN10O19P3S-2. The molecule has 4 aromatic heterocycles. The molecule has 0 aliphatic carbocycles. The Kier molecular flexibility index (Phi) is 14.9. The highest BCUT2D eigenvalue weighted by Crippen LogP contribution is 2.63. The molecule has 65 heavy (non-hydrogen) atoms. The van der Waals surface area contributed by atoms with Crippen LogP contribution in [-0.4, -0.2) is 126 Å². The average molecular weight is 1020 g/mol. The van der Waals surface area contributed by atoms with E-state index >= 15 is 0 Å². The zero-order valence-electron chi connectivity index (χ0n) is 33.2. The molecule has 2 fully saturated rings.